The van der Waals surface area contributed by atoms with Crippen LogP contribution in [0.2, 0.25) is 10.0 Å². The summed E-state index contributed by atoms with van der Waals surface area (Å²) in [6, 6.07) is 8.97. The Bertz CT molecular complexity index is 794. The van der Waals surface area contributed by atoms with E-state index in [1.807, 2.05) is 19.9 Å². The van der Waals surface area contributed by atoms with Gasteiger partial charge in [-0.15, -0.1) is 0 Å². The van der Waals surface area contributed by atoms with E-state index in [1.54, 1.807) is 29.9 Å². The number of hydrogen-bond donors (Lipinski definition) is 1. The molecule has 5 nitrogen and oxygen atoms in total. The Kier molecular flexibility index (Phi) is 6.23. The molecule has 0 atom stereocenters. The topological polar surface area (TPSA) is 73.2 Å². The maximum atomic E-state index is 9.38. The lowest BCUT2D eigenvalue weighted by atomic mass is 10.1. The van der Waals surface area contributed by atoms with Gasteiger partial charge in [0, 0.05) is 29.6 Å². The minimum Gasteiger partial charge on any atom is -0.477 e. The van der Waals surface area contributed by atoms with Gasteiger partial charge in [-0.25, -0.2) is 0 Å². The Labute approximate surface area is 157 Å². The van der Waals surface area contributed by atoms with Gasteiger partial charge in [0.1, 0.15) is 11.8 Å². The summed E-state index contributed by atoms with van der Waals surface area (Å²) in [7, 11) is 1.66. The molecule has 1 aromatic carbocycles. The summed E-state index contributed by atoms with van der Waals surface area (Å²) < 4.78 is 13.0. The first-order chi connectivity index (χ1) is 11.8. The Hall–Kier alpha value is -1.87. The van der Waals surface area contributed by atoms with E-state index < -0.39 is 0 Å². The standard InChI is InChI=1S/C18H21Cl2N3O2/c1-18(2,24-3)6-7-25-17-16(22)9-14(10-21)23(17)11-12-4-5-13(19)8-15(12)20/h4-5,8-9H,6-7,11,22H2,1-3H3. The minimum absolute atomic E-state index is 0.302. The highest BCUT2D eigenvalue weighted by Crippen LogP contribution is 2.30. The number of halogens is 2. The van der Waals surface area contributed by atoms with Crippen LogP contribution in [0, 0.1) is 11.3 Å². The molecule has 0 amide bonds. The summed E-state index contributed by atoms with van der Waals surface area (Å²) >= 11 is 12.2. The van der Waals surface area contributed by atoms with Crippen LogP contribution in [0.3, 0.4) is 0 Å². The largest absolute Gasteiger partial charge is 0.477 e. The van der Waals surface area contributed by atoms with Crippen LogP contribution in [0.4, 0.5) is 5.69 Å². The third-order valence-corrected chi connectivity index (χ3v) is 4.62. The summed E-state index contributed by atoms with van der Waals surface area (Å²) in [5, 5.41) is 10.5. The Morgan fingerprint density at radius 2 is 2.00 bits per heavy atom. The number of nitrogen functional groups attached to an aromatic ring is 1. The molecule has 0 aliphatic carbocycles. The van der Waals surface area contributed by atoms with E-state index in [0.29, 0.717) is 46.9 Å². The number of nitrogens with zero attached hydrogens (tertiary/aromatic N) is 2. The molecule has 1 heterocycles. The normalized spacial score (nSPS) is 11.4. The third kappa shape index (κ3) is 4.82. The number of benzene rings is 1. The van der Waals surface area contributed by atoms with Crippen molar-refractivity contribution >= 4 is 28.9 Å². The zero-order chi connectivity index (χ0) is 18.6. The predicted molar refractivity (Wildman–Crippen MR) is 100 cm³/mol. The highest BCUT2D eigenvalue weighted by atomic mass is 35.5. The fourth-order valence-electron chi connectivity index (χ4n) is 2.28. The molecule has 0 bridgehead atoms. The van der Waals surface area contributed by atoms with Gasteiger partial charge in [-0.1, -0.05) is 29.3 Å². The van der Waals surface area contributed by atoms with Crippen molar-refractivity contribution in [2.45, 2.75) is 32.4 Å². The van der Waals surface area contributed by atoms with Crippen molar-refractivity contribution in [1.82, 2.24) is 4.57 Å². The van der Waals surface area contributed by atoms with Gasteiger partial charge in [0.25, 0.3) is 0 Å². The fraction of sp³-hybridized carbons (Fsp3) is 0.389. The lowest BCUT2D eigenvalue weighted by Crippen LogP contribution is -2.25. The average Bonchev–Trinajstić information content (AvgIpc) is 2.85. The van der Waals surface area contributed by atoms with Crippen LogP contribution in [0.1, 0.15) is 31.5 Å². The smallest absolute Gasteiger partial charge is 0.218 e. The lowest BCUT2D eigenvalue weighted by molar-refractivity contribution is 0.00485. The zero-order valence-electron chi connectivity index (χ0n) is 14.5. The maximum absolute atomic E-state index is 9.38. The molecular weight excluding hydrogens is 361 g/mol. The van der Waals surface area contributed by atoms with Gasteiger partial charge in [-0.3, -0.25) is 4.57 Å². The van der Waals surface area contributed by atoms with Gasteiger partial charge in [0.2, 0.25) is 5.88 Å². The molecular formula is C18H21Cl2N3O2. The molecule has 0 aliphatic heterocycles. The molecule has 2 aromatic rings. The molecule has 0 spiro atoms. The quantitative estimate of drug-likeness (QED) is 0.766. The van der Waals surface area contributed by atoms with E-state index in [1.165, 1.54) is 0 Å². The molecule has 0 saturated heterocycles. The first-order valence-corrected chi connectivity index (χ1v) is 8.54. The van der Waals surface area contributed by atoms with E-state index in [2.05, 4.69) is 6.07 Å². The van der Waals surface area contributed by atoms with Gasteiger partial charge < -0.3 is 15.2 Å². The van der Waals surface area contributed by atoms with E-state index in [0.717, 1.165) is 5.56 Å². The third-order valence-electron chi connectivity index (χ3n) is 4.03. The molecule has 2 N–H and O–H groups in total. The van der Waals surface area contributed by atoms with E-state index >= 15 is 0 Å². The molecule has 0 fully saturated rings. The first-order valence-electron chi connectivity index (χ1n) is 7.78. The summed E-state index contributed by atoms with van der Waals surface area (Å²) in [5.41, 5.74) is 7.37. The van der Waals surface area contributed by atoms with Gasteiger partial charge in [-0.2, -0.15) is 5.26 Å². The molecule has 0 radical (unpaired) electrons. The number of hydrogen-bond acceptors (Lipinski definition) is 4. The number of nitriles is 1. The molecule has 1 aromatic heterocycles. The highest BCUT2D eigenvalue weighted by Gasteiger charge is 2.19. The average molecular weight is 382 g/mol. The van der Waals surface area contributed by atoms with Gasteiger partial charge in [-0.05, 0) is 31.5 Å². The van der Waals surface area contributed by atoms with Crippen LogP contribution in [0.5, 0.6) is 5.88 Å². The number of aromatic nitrogens is 1. The number of ether oxygens (including phenoxy) is 2. The predicted octanol–water partition coefficient (Wildman–Crippen LogP) is 4.49. The van der Waals surface area contributed by atoms with Gasteiger partial charge in [0.05, 0.1) is 24.4 Å². The monoisotopic (exact) mass is 381 g/mol. The summed E-state index contributed by atoms with van der Waals surface area (Å²) in [6.07, 6.45) is 0.678. The number of rotatable bonds is 7. The SMILES string of the molecule is COC(C)(C)CCOc1c(N)cc(C#N)n1Cc1ccc(Cl)cc1Cl. The molecule has 2 rings (SSSR count). The van der Waals surface area contributed by atoms with E-state index in [4.69, 9.17) is 38.4 Å². The second-order valence-corrected chi connectivity index (χ2v) is 7.13. The maximum Gasteiger partial charge on any atom is 0.218 e. The van der Waals surface area contributed by atoms with Crippen molar-refractivity contribution in [3.05, 3.63) is 45.6 Å². The van der Waals surface area contributed by atoms with Crippen LogP contribution >= 0.6 is 23.2 Å². The van der Waals surface area contributed by atoms with Crippen LogP contribution < -0.4 is 10.5 Å². The lowest BCUT2D eigenvalue weighted by Gasteiger charge is -2.23. The zero-order valence-corrected chi connectivity index (χ0v) is 16.0. The van der Waals surface area contributed by atoms with Crippen molar-refractivity contribution in [2.75, 3.05) is 19.5 Å². The van der Waals surface area contributed by atoms with Crippen molar-refractivity contribution in [2.24, 2.45) is 0 Å². The molecule has 7 heteroatoms. The van der Waals surface area contributed by atoms with Crippen LogP contribution in [0.15, 0.2) is 24.3 Å². The molecule has 25 heavy (non-hydrogen) atoms. The van der Waals surface area contributed by atoms with Gasteiger partial charge in [0.15, 0.2) is 0 Å². The van der Waals surface area contributed by atoms with Crippen LogP contribution in [-0.2, 0) is 11.3 Å². The summed E-state index contributed by atoms with van der Waals surface area (Å²) in [4.78, 5) is 0. The number of methoxy groups -OCH3 is 1. The summed E-state index contributed by atoms with van der Waals surface area (Å²) in [5.74, 6) is 0.453. The minimum atomic E-state index is -0.302. The van der Waals surface area contributed by atoms with E-state index in [-0.39, 0.29) is 5.60 Å². The molecule has 134 valence electrons. The Morgan fingerprint density at radius 1 is 1.28 bits per heavy atom. The molecule has 0 saturated carbocycles. The van der Waals surface area contributed by atoms with Crippen molar-refractivity contribution in [3.63, 3.8) is 0 Å². The van der Waals surface area contributed by atoms with Gasteiger partial charge >= 0.3 is 0 Å². The van der Waals surface area contributed by atoms with Crippen molar-refractivity contribution in [1.29, 1.82) is 5.26 Å². The highest BCUT2D eigenvalue weighted by molar-refractivity contribution is 6.35. The first kappa shape index (κ1) is 19.5. The van der Waals surface area contributed by atoms with Crippen LogP contribution in [0.25, 0.3) is 0 Å². The molecule has 0 unspecified atom stereocenters. The Balaban J connectivity index is 2.26. The number of nitrogens with two attached hydrogens (primary N) is 1. The van der Waals surface area contributed by atoms with Crippen LogP contribution in [-0.4, -0.2) is 23.9 Å². The van der Waals surface area contributed by atoms with Crippen molar-refractivity contribution in [3.8, 4) is 11.9 Å². The number of anilines is 1. The van der Waals surface area contributed by atoms with E-state index in [9.17, 15) is 5.26 Å². The fourth-order valence-corrected chi connectivity index (χ4v) is 2.75. The van der Waals surface area contributed by atoms with Crippen molar-refractivity contribution < 1.29 is 9.47 Å². The summed E-state index contributed by atoms with van der Waals surface area (Å²) in [6.45, 7) is 4.73. The Morgan fingerprint density at radius 3 is 2.60 bits per heavy atom. The second kappa shape index (κ2) is 8.01. The molecule has 0 aliphatic rings. The second-order valence-electron chi connectivity index (χ2n) is 6.29.